The molecule has 1 aliphatic heterocycles. The number of thioether (sulfide) groups is 1. The summed E-state index contributed by atoms with van der Waals surface area (Å²) in [7, 11) is 3.08. The summed E-state index contributed by atoms with van der Waals surface area (Å²) in [5.41, 5.74) is 0.950. The highest BCUT2D eigenvalue weighted by Gasteiger charge is 2.35. The second-order valence-corrected chi connectivity index (χ2v) is 9.16. The number of para-hydroxylation sites is 2. The molecule has 0 atom stereocenters. The predicted molar refractivity (Wildman–Crippen MR) is 147 cm³/mol. The van der Waals surface area contributed by atoms with Crippen molar-refractivity contribution in [1.29, 1.82) is 0 Å². The Morgan fingerprint density at radius 3 is 2.44 bits per heavy atom. The number of hydrogen-bond acceptors (Lipinski definition) is 8. The Balaban J connectivity index is 1.48. The Labute approximate surface area is 227 Å². The van der Waals surface area contributed by atoms with E-state index in [2.05, 4.69) is 10.3 Å². The van der Waals surface area contributed by atoms with Gasteiger partial charge in [-0.1, -0.05) is 48.2 Å². The summed E-state index contributed by atoms with van der Waals surface area (Å²) >= 11 is 1.04. The van der Waals surface area contributed by atoms with Crippen LogP contribution in [0.1, 0.15) is 16.1 Å². The summed E-state index contributed by atoms with van der Waals surface area (Å²) in [6.45, 7) is 0. The number of Topliss-reactive ketones (excluding diaryl/α,β-unsaturated/α-hetero) is 1. The van der Waals surface area contributed by atoms with E-state index in [9.17, 15) is 14.4 Å². The Kier molecular flexibility index (Phi) is 7.41. The summed E-state index contributed by atoms with van der Waals surface area (Å²) in [6, 6.07) is 23.1. The maximum absolute atomic E-state index is 13.5. The van der Waals surface area contributed by atoms with Gasteiger partial charge < -0.3 is 9.47 Å². The molecule has 0 saturated heterocycles. The predicted octanol–water partition coefficient (Wildman–Crippen LogP) is 3.62. The number of aromatic amines is 1. The van der Waals surface area contributed by atoms with Gasteiger partial charge in [-0.15, -0.1) is 0 Å². The maximum atomic E-state index is 13.5. The van der Waals surface area contributed by atoms with E-state index < -0.39 is 11.4 Å². The number of methoxy groups -OCH3 is 2. The fraction of sp³-hybridized carbons (Fsp3) is 0.107. The van der Waals surface area contributed by atoms with Gasteiger partial charge in [-0.25, -0.2) is 9.79 Å². The molecule has 1 aliphatic rings. The minimum absolute atomic E-state index is 0.154. The molecule has 196 valence electrons. The normalized spacial score (nSPS) is 14.0. The standard InChI is InChI=1S/C28H22N4O6S/c1-36-21-13-14-24(37-2)18(15-21)16-22-26(34)31(19-9-5-3-6-10-19)28(29-22)39-17-23(33)25-27(35)38-30-32(25)20-11-7-4-8-12-20/h3-16H,17H2,1-2H3/p+1/b22-16+. The van der Waals surface area contributed by atoms with Crippen LogP contribution in [0.3, 0.4) is 0 Å². The van der Waals surface area contributed by atoms with Crippen LogP contribution in [0.2, 0.25) is 0 Å². The lowest BCUT2D eigenvalue weighted by atomic mass is 10.1. The van der Waals surface area contributed by atoms with Crippen LogP contribution in [-0.2, 0) is 4.79 Å². The molecule has 11 heteroatoms. The molecule has 5 rings (SSSR count). The van der Waals surface area contributed by atoms with Gasteiger partial charge in [-0.3, -0.25) is 19.0 Å². The molecular weight excluding hydrogens is 520 g/mol. The average Bonchev–Trinajstić information content (AvgIpc) is 3.51. The molecule has 1 N–H and O–H groups in total. The van der Waals surface area contributed by atoms with Crippen molar-refractivity contribution < 1.29 is 28.3 Å². The van der Waals surface area contributed by atoms with Crippen LogP contribution in [0.5, 0.6) is 11.5 Å². The molecule has 39 heavy (non-hydrogen) atoms. The van der Waals surface area contributed by atoms with Gasteiger partial charge in [0, 0.05) is 17.7 Å². The highest BCUT2D eigenvalue weighted by molar-refractivity contribution is 8.14. The number of H-pyrrole nitrogens is 1. The quantitative estimate of drug-likeness (QED) is 0.205. The molecule has 0 spiro atoms. The molecule has 0 saturated carbocycles. The van der Waals surface area contributed by atoms with Gasteiger partial charge >= 0.3 is 11.3 Å². The summed E-state index contributed by atoms with van der Waals surface area (Å²) in [5, 5.41) is 2.76. The van der Waals surface area contributed by atoms with Crippen molar-refractivity contribution in [2.24, 2.45) is 4.99 Å². The first-order chi connectivity index (χ1) is 19.0. The minimum Gasteiger partial charge on any atom is -0.497 e. The lowest BCUT2D eigenvalue weighted by molar-refractivity contribution is -0.672. The zero-order valence-corrected chi connectivity index (χ0v) is 21.8. The number of aliphatic imine (C=N–C) groups is 1. The zero-order valence-electron chi connectivity index (χ0n) is 21.0. The molecule has 1 amide bonds. The SMILES string of the molecule is COc1ccc(OC)c(/C=C2/N=C(SCC(=O)c3c(=O)o[nH][n+]3-c3ccccc3)N(c3ccccc3)C2=O)c1. The number of carbonyl (C=O) groups excluding carboxylic acids is 2. The zero-order chi connectivity index (χ0) is 27.4. The first-order valence-electron chi connectivity index (χ1n) is 11.8. The number of nitrogens with one attached hydrogen (secondary N) is 1. The molecule has 2 heterocycles. The number of amides is 1. The highest BCUT2D eigenvalue weighted by Crippen LogP contribution is 2.32. The molecule has 0 radical (unpaired) electrons. The number of anilines is 1. The monoisotopic (exact) mass is 543 g/mol. The van der Waals surface area contributed by atoms with Gasteiger partial charge in [-0.2, -0.15) is 0 Å². The maximum Gasteiger partial charge on any atom is 0.438 e. The van der Waals surface area contributed by atoms with Crippen LogP contribution in [-0.4, -0.2) is 42.1 Å². The number of nitrogens with zero attached hydrogens (tertiary/aromatic N) is 3. The molecule has 0 unspecified atom stereocenters. The second kappa shape index (κ2) is 11.2. The van der Waals surface area contributed by atoms with Gasteiger partial charge in [-0.05, 0) is 46.4 Å². The third-order valence-electron chi connectivity index (χ3n) is 5.83. The Bertz CT molecular complexity index is 1640. The number of benzene rings is 3. The van der Waals surface area contributed by atoms with Crippen molar-refractivity contribution in [3.63, 3.8) is 0 Å². The van der Waals surface area contributed by atoms with Crippen LogP contribution in [0.15, 0.2) is 98.9 Å². The van der Waals surface area contributed by atoms with E-state index in [4.69, 9.17) is 14.0 Å². The number of ether oxygens (including phenoxy) is 2. The van der Waals surface area contributed by atoms with Crippen molar-refractivity contribution in [3.8, 4) is 17.2 Å². The van der Waals surface area contributed by atoms with E-state index in [1.54, 1.807) is 79.9 Å². The van der Waals surface area contributed by atoms with Gasteiger partial charge in [0.1, 0.15) is 17.2 Å². The van der Waals surface area contributed by atoms with Gasteiger partial charge in [0.15, 0.2) is 5.17 Å². The van der Waals surface area contributed by atoms with E-state index in [0.29, 0.717) is 33.6 Å². The largest absolute Gasteiger partial charge is 0.497 e. The molecule has 4 aromatic rings. The van der Waals surface area contributed by atoms with Gasteiger partial charge in [0.25, 0.3) is 5.91 Å². The first-order valence-corrected chi connectivity index (χ1v) is 12.8. The number of aromatic nitrogens is 2. The van der Waals surface area contributed by atoms with E-state index in [1.165, 1.54) is 16.7 Å². The molecule has 10 nitrogen and oxygen atoms in total. The smallest absolute Gasteiger partial charge is 0.438 e. The molecule has 0 aliphatic carbocycles. The molecule has 3 aromatic carbocycles. The van der Waals surface area contributed by atoms with Gasteiger partial charge in [0.2, 0.25) is 11.5 Å². The van der Waals surface area contributed by atoms with Gasteiger partial charge in [0.05, 0.1) is 25.7 Å². The number of ketones is 1. The Morgan fingerprint density at radius 2 is 1.74 bits per heavy atom. The number of amidine groups is 1. The third-order valence-corrected chi connectivity index (χ3v) is 6.77. The Morgan fingerprint density at radius 1 is 1.03 bits per heavy atom. The van der Waals surface area contributed by atoms with E-state index in [0.717, 1.165) is 11.8 Å². The summed E-state index contributed by atoms with van der Waals surface area (Å²) in [6.07, 6.45) is 1.61. The fourth-order valence-electron chi connectivity index (χ4n) is 3.97. The van der Waals surface area contributed by atoms with Crippen molar-refractivity contribution in [1.82, 2.24) is 5.27 Å². The Hall–Kier alpha value is -4.90. The molecule has 0 bridgehead atoms. The van der Waals surface area contributed by atoms with Crippen LogP contribution < -0.4 is 24.7 Å². The van der Waals surface area contributed by atoms with Crippen molar-refractivity contribution in [3.05, 3.63) is 106 Å². The van der Waals surface area contributed by atoms with Crippen LogP contribution in [0.4, 0.5) is 5.69 Å². The summed E-state index contributed by atoms with van der Waals surface area (Å²) in [4.78, 5) is 45.1. The molecule has 1 aromatic heterocycles. The second-order valence-electron chi connectivity index (χ2n) is 8.22. The lowest BCUT2D eigenvalue weighted by Crippen LogP contribution is -2.41. The topological polar surface area (TPSA) is 118 Å². The molecular formula is C28H23N4O6S+. The highest BCUT2D eigenvalue weighted by atomic mass is 32.2. The third kappa shape index (κ3) is 5.25. The fourth-order valence-corrected chi connectivity index (χ4v) is 4.84. The van der Waals surface area contributed by atoms with Crippen molar-refractivity contribution in [2.75, 3.05) is 24.9 Å². The van der Waals surface area contributed by atoms with E-state index >= 15 is 0 Å². The number of hydrogen-bond donors (Lipinski definition) is 1. The van der Waals surface area contributed by atoms with Crippen molar-refractivity contribution >= 4 is 40.4 Å². The average molecular weight is 544 g/mol. The van der Waals surface area contributed by atoms with Crippen LogP contribution in [0, 0.1) is 0 Å². The lowest BCUT2D eigenvalue weighted by Gasteiger charge is -2.17. The summed E-state index contributed by atoms with van der Waals surface area (Å²) in [5.74, 6) is 0.101. The number of carbonyl (C=O) groups is 2. The van der Waals surface area contributed by atoms with E-state index in [-0.39, 0.29) is 23.1 Å². The van der Waals surface area contributed by atoms with Crippen LogP contribution in [0.25, 0.3) is 11.8 Å². The molecule has 0 fully saturated rings. The van der Waals surface area contributed by atoms with Crippen molar-refractivity contribution in [2.45, 2.75) is 0 Å². The summed E-state index contributed by atoms with van der Waals surface area (Å²) < 4.78 is 16.9. The number of rotatable bonds is 8. The first kappa shape index (κ1) is 25.7. The minimum atomic E-state index is -0.792. The van der Waals surface area contributed by atoms with E-state index in [1.807, 2.05) is 12.1 Å². The van der Waals surface area contributed by atoms with Crippen LogP contribution >= 0.6 is 11.8 Å².